The minimum absolute atomic E-state index is 0.0191. The maximum absolute atomic E-state index is 13.3. The van der Waals surface area contributed by atoms with Gasteiger partial charge in [0.25, 0.3) is 5.56 Å². The van der Waals surface area contributed by atoms with Gasteiger partial charge >= 0.3 is 0 Å². The Hall–Kier alpha value is -3.91. The molecular formula is C30H30N4O3S. The zero-order chi connectivity index (χ0) is 26.3. The van der Waals surface area contributed by atoms with Crippen molar-refractivity contribution in [3.8, 4) is 0 Å². The molecule has 2 heterocycles. The second kappa shape index (κ2) is 12.1. The molecule has 0 unspecified atom stereocenters. The molecule has 1 amide bonds. The highest BCUT2D eigenvalue weighted by molar-refractivity contribution is 7.99. The summed E-state index contributed by atoms with van der Waals surface area (Å²) < 4.78 is 1.62. The zero-order valence-electron chi connectivity index (χ0n) is 21.2. The minimum atomic E-state index is -0.144. The van der Waals surface area contributed by atoms with Crippen LogP contribution in [0.3, 0.4) is 0 Å². The number of anilines is 1. The molecule has 1 fully saturated rings. The number of fused-ring (bicyclic) bond motifs is 1. The van der Waals surface area contributed by atoms with Gasteiger partial charge in [0.15, 0.2) is 10.9 Å². The van der Waals surface area contributed by atoms with Crippen LogP contribution < -0.4 is 10.5 Å². The van der Waals surface area contributed by atoms with Crippen molar-refractivity contribution >= 4 is 40.0 Å². The van der Waals surface area contributed by atoms with Crippen molar-refractivity contribution in [3.05, 3.63) is 101 Å². The maximum Gasteiger partial charge on any atom is 0.262 e. The number of hydrogen-bond acceptors (Lipinski definition) is 6. The van der Waals surface area contributed by atoms with E-state index in [1.807, 2.05) is 59.5 Å². The van der Waals surface area contributed by atoms with E-state index in [-0.39, 0.29) is 23.0 Å². The largest absolute Gasteiger partial charge is 0.368 e. The molecule has 5 rings (SSSR count). The number of carbonyl (C=O) groups excluding carboxylic acids is 2. The number of hydrogen-bond donors (Lipinski definition) is 0. The van der Waals surface area contributed by atoms with Gasteiger partial charge in [-0.15, -0.1) is 0 Å². The first-order chi connectivity index (χ1) is 18.6. The van der Waals surface area contributed by atoms with E-state index in [0.717, 1.165) is 13.1 Å². The molecular weight excluding hydrogens is 496 g/mol. The van der Waals surface area contributed by atoms with Gasteiger partial charge in [-0.25, -0.2) is 4.98 Å². The highest BCUT2D eigenvalue weighted by Gasteiger charge is 2.21. The summed E-state index contributed by atoms with van der Waals surface area (Å²) in [7, 11) is 0. The minimum Gasteiger partial charge on any atom is -0.368 e. The van der Waals surface area contributed by atoms with Crippen LogP contribution in [-0.2, 0) is 11.3 Å². The van der Waals surface area contributed by atoms with Crippen LogP contribution >= 0.6 is 11.8 Å². The van der Waals surface area contributed by atoms with E-state index in [2.05, 4.69) is 17.0 Å². The molecule has 0 radical (unpaired) electrons. The van der Waals surface area contributed by atoms with E-state index in [9.17, 15) is 14.4 Å². The van der Waals surface area contributed by atoms with Crippen LogP contribution in [-0.4, -0.2) is 58.1 Å². The SMILES string of the molecule is O=C(CSc1nc2ccccc2c(=O)n1CCCC(=O)N1CCN(c2ccccc2)CC1)c1ccccc1. The number of amides is 1. The Balaban J connectivity index is 1.23. The summed E-state index contributed by atoms with van der Waals surface area (Å²) in [6.45, 7) is 3.36. The number of nitrogens with zero attached hydrogens (tertiary/aromatic N) is 4. The molecule has 0 N–H and O–H groups in total. The highest BCUT2D eigenvalue weighted by Crippen LogP contribution is 2.20. The van der Waals surface area contributed by atoms with Crippen molar-refractivity contribution in [2.45, 2.75) is 24.5 Å². The first-order valence-electron chi connectivity index (χ1n) is 12.9. The predicted molar refractivity (Wildman–Crippen MR) is 152 cm³/mol. The molecule has 0 aliphatic carbocycles. The number of piperazine rings is 1. The third kappa shape index (κ3) is 5.97. The topological polar surface area (TPSA) is 75.5 Å². The van der Waals surface area contributed by atoms with Crippen LogP contribution in [0.4, 0.5) is 5.69 Å². The standard InChI is InChI=1S/C30H30N4O3S/c35-27(23-10-3-1-4-11-23)22-38-30-31-26-15-8-7-14-25(26)29(37)34(30)17-9-16-28(36)33-20-18-32(19-21-33)24-12-5-2-6-13-24/h1-8,10-15H,9,16-22H2. The van der Waals surface area contributed by atoms with Gasteiger partial charge in [-0.2, -0.15) is 0 Å². The van der Waals surface area contributed by atoms with Crippen LogP contribution in [0.25, 0.3) is 10.9 Å². The molecule has 1 aliphatic heterocycles. The van der Waals surface area contributed by atoms with Crippen LogP contribution in [0.15, 0.2) is 94.9 Å². The number of para-hydroxylation sites is 2. The monoisotopic (exact) mass is 526 g/mol. The van der Waals surface area contributed by atoms with Crippen molar-refractivity contribution in [3.63, 3.8) is 0 Å². The Labute approximate surface area is 226 Å². The lowest BCUT2D eigenvalue weighted by molar-refractivity contribution is -0.131. The summed E-state index contributed by atoms with van der Waals surface area (Å²) in [6, 6.07) is 26.6. The number of rotatable bonds is 9. The van der Waals surface area contributed by atoms with Crippen molar-refractivity contribution in [2.75, 3.05) is 36.8 Å². The lowest BCUT2D eigenvalue weighted by Gasteiger charge is -2.36. The third-order valence-corrected chi connectivity index (χ3v) is 7.76. The predicted octanol–water partition coefficient (Wildman–Crippen LogP) is 4.50. The smallest absolute Gasteiger partial charge is 0.262 e. The number of benzene rings is 3. The van der Waals surface area contributed by atoms with Gasteiger partial charge in [0.1, 0.15) is 0 Å². The number of thioether (sulfide) groups is 1. The molecule has 7 nitrogen and oxygen atoms in total. The molecule has 1 aromatic heterocycles. The molecule has 8 heteroatoms. The number of carbonyl (C=O) groups is 2. The second-order valence-corrected chi connectivity index (χ2v) is 10.2. The fourth-order valence-corrected chi connectivity index (χ4v) is 5.61. The quantitative estimate of drug-likeness (QED) is 0.182. The summed E-state index contributed by atoms with van der Waals surface area (Å²) in [4.78, 5) is 47.9. The molecule has 1 saturated heterocycles. The number of ketones is 1. The maximum atomic E-state index is 13.3. The van der Waals surface area contributed by atoms with Crippen molar-refractivity contribution in [2.24, 2.45) is 0 Å². The van der Waals surface area contributed by atoms with E-state index in [1.54, 1.807) is 22.8 Å². The summed E-state index contributed by atoms with van der Waals surface area (Å²) in [6.07, 6.45) is 0.884. The first kappa shape index (κ1) is 25.7. The molecule has 4 aromatic rings. The van der Waals surface area contributed by atoms with Crippen LogP contribution in [0.2, 0.25) is 0 Å². The van der Waals surface area contributed by atoms with Gasteiger partial charge in [-0.3, -0.25) is 19.0 Å². The average Bonchev–Trinajstić information content (AvgIpc) is 2.98. The normalized spacial score (nSPS) is 13.6. The molecule has 38 heavy (non-hydrogen) atoms. The molecule has 1 aliphatic rings. The molecule has 0 saturated carbocycles. The molecule has 0 spiro atoms. The zero-order valence-corrected chi connectivity index (χ0v) is 22.0. The lowest BCUT2D eigenvalue weighted by atomic mass is 10.2. The van der Waals surface area contributed by atoms with Crippen LogP contribution in [0, 0.1) is 0 Å². The Bertz CT molecular complexity index is 1470. The van der Waals surface area contributed by atoms with Gasteiger partial charge in [-0.05, 0) is 30.7 Å². The van der Waals surface area contributed by atoms with E-state index in [0.29, 0.717) is 54.1 Å². The Morgan fingerprint density at radius 3 is 2.21 bits per heavy atom. The molecule has 0 bridgehead atoms. The average molecular weight is 527 g/mol. The lowest BCUT2D eigenvalue weighted by Crippen LogP contribution is -2.48. The van der Waals surface area contributed by atoms with Gasteiger partial charge < -0.3 is 9.80 Å². The Kier molecular flexibility index (Phi) is 8.19. The number of Topliss-reactive ketones (excluding diaryl/α,β-unsaturated/α-hetero) is 1. The van der Waals surface area contributed by atoms with Gasteiger partial charge in [0.05, 0.1) is 16.7 Å². The van der Waals surface area contributed by atoms with Gasteiger partial charge in [-0.1, -0.05) is 72.4 Å². The fourth-order valence-electron chi connectivity index (χ4n) is 4.69. The van der Waals surface area contributed by atoms with Crippen LogP contribution in [0.1, 0.15) is 23.2 Å². The van der Waals surface area contributed by atoms with Crippen molar-refractivity contribution in [1.82, 2.24) is 14.5 Å². The van der Waals surface area contributed by atoms with Crippen molar-refractivity contribution < 1.29 is 9.59 Å². The molecule has 0 atom stereocenters. The van der Waals surface area contributed by atoms with Crippen molar-refractivity contribution in [1.29, 1.82) is 0 Å². The summed E-state index contributed by atoms with van der Waals surface area (Å²) >= 11 is 1.27. The number of aromatic nitrogens is 2. The highest BCUT2D eigenvalue weighted by atomic mass is 32.2. The summed E-state index contributed by atoms with van der Waals surface area (Å²) in [5.41, 5.74) is 2.27. The van der Waals surface area contributed by atoms with Gasteiger partial charge in [0.2, 0.25) is 5.91 Å². The van der Waals surface area contributed by atoms with E-state index < -0.39 is 0 Å². The van der Waals surface area contributed by atoms with Crippen LogP contribution in [0.5, 0.6) is 0 Å². The first-order valence-corrected chi connectivity index (χ1v) is 13.9. The van der Waals surface area contributed by atoms with E-state index in [1.165, 1.54) is 17.4 Å². The molecule has 194 valence electrons. The summed E-state index contributed by atoms with van der Waals surface area (Å²) in [5, 5.41) is 1.04. The van der Waals surface area contributed by atoms with E-state index in [4.69, 9.17) is 4.98 Å². The Morgan fingerprint density at radius 1 is 0.816 bits per heavy atom. The van der Waals surface area contributed by atoms with E-state index >= 15 is 0 Å². The van der Waals surface area contributed by atoms with Gasteiger partial charge in [0, 0.05) is 50.4 Å². The third-order valence-electron chi connectivity index (χ3n) is 6.78. The Morgan fingerprint density at radius 2 is 1.47 bits per heavy atom. The second-order valence-electron chi connectivity index (χ2n) is 9.25. The summed E-state index contributed by atoms with van der Waals surface area (Å²) in [5.74, 6) is 0.265. The fraction of sp³-hybridized carbons (Fsp3) is 0.267. The molecule has 3 aromatic carbocycles.